The third-order valence-corrected chi connectivity index (χ3v) is 4.59. The topological polar surface area (TPSA) is 20.3 Å². The predicted octanol–water partition coefficient (Wildman–Crippen LogP) is 4.19. The highest BCUT2D eigenvalue weighted by Gasteiger charge is 2.27. The van der Waals surface area contributed by atoms with Gasteiger partial charge in [-0.1, -0.05) is 11.6 Å². The maximum absolute atomic E-state index is 12.2. The molecule has 0 aromatic heterocycles. The van der Waals surface area contributed by atoms with Gasteiger partial charge >= 0.3 is 0 Å². The van der Waals surface area contributed by atoms with Gasteiger partial charge in [0.15, 0.2) is 0 Å². The van der Waals surface area contributed by atoms with E-state index in [2.05, 4.69) is 15.9 Å². The van der Waals surface area contributed by atoms with E-state index in [9.17, 15) is 4.79 Å². The van der Waals surface area contributed by atoms with Crippen LogP contribution in [0.2, 0.25) is 5.02 Å². The van der Waals surface area contributed by atoms with Crippen molar-refractivity contribution in [1.29, 1.82) is 0 Å². The van der Waals surface area contributed by atoms with Crippen molar-refractivity contribution in [3.63, 3.8) is 0 Å². The van der Waals surface area contributed by atoms with Gasteiger partial charge in [0.05, 0.1) is 10.6 Å². The quantitative estimate of drug-likeness (QED) is 0.756. The summed E-state index contributed by atoms with van der Waals surface area (Å²) in [6.45, 7) is 3.83. The van der Waals surface area contributed by atoms with Gasteiger partial charge in [0.2, 0.25) is 0 Å². The maximum Gasteiger partial charge on any atom is 0.254 e. The third-order valence-electron chi connectivity index (χ3n) is 2.71. The van der Waals surface area contributed by atoms with Crippen LogP contribution in [0.5, 0.6) is 0 Å². The number of halogens is 3. The van der Waals surface area contributed by atoms with Crippen molar-refractivity contribution >= 4 is 45.0 Å². The lowest BCUT2D eigenvalue weighted by Gasteiger charge is -2.34. The second-order valence-electron chi connectivity index (χ2n) is 4.44. The van der Waals surface area contributed by atoms with Gasteiger partial charge in [-0.25, -0.2) is 0 Å². The van der Waals surface area contributed by atoms with Gasteiger partial charge in [0, 0.05) is 23.0 Å². The Morgan fingerprint density at radius 3 is 2.53 bits per heavy atom. The van der Waals surface area contributed by atoms with E-state index >= 15 is 0 Å². The molecule has 5 heteroatoms. The summed E-state index contributed by atoms with van der Waals surface area (Å²) in [5, 5.41) is 0.521. The Labute approximate surface area is 120 Å². The van der Waals surface area contributed by atoms with Crippen molar-refractivity contribution in [3.05, 3.63) is 33.3 Å². The van der Waals surface area contributed by atoms with E-state index in [1.807, 2.05) is 13.8 Å². The van der Waals surface area contributed by atoms with Crippen LogP contribution in [0.4, 0.5) is 0 Å². The summed E-state index contributed by atoms with van der Waals surface area (Å²) < 4.78 is 0.773. The van der Waals surface area contributed by atoms with Crippen molar-refractivity contribution in [2.24, 2.45) is 0 Å². The molecule has 0 heterocycles. The van der Waals surface area contributed by atoms with Crippen LogP contribution in [-0.4, -0.2) is 29.3 Å². The zero-order valence-electron chi connectivity index (χ0n) is 9.93. The van der Waals surface area contributed by atoms with Crippen molar-refractivity contribution in [2.75, 3.05) is 12.9 Å². The largest absolute Gasteiger partial charge is 0.335 e. The Hall–Kier alpha value is -0.250. The minimum absolute atomic E-state index is 0.0925. The SMILES string of the molecule is CN(C(=O)c1ccc(Br)c(Cl)c1)C(C)(C)CCl. The summed E-state index contributed by atoms with van der Waals surface area (Å²) in [5.74, 6) is 0.282. The molecule has 0 aliphatic rings. The number of hydrogen-bond donors (Lipinski definition) is 0. The maximum atomic E-state index is 12.2. The zero-order valence-corrected chi connectivity index (χ0v) is 13.0. The highest BCUT2D eigenvalue weighted by atomic mass is 79.9. The molecule has 0 N–H and O–H groups in total. The molecule has 0 aliphatic heterocycles. The van der Waals surface area contributed by atoms with Gasteiger partial charge < -0.3 is 4.90 Å². The van der Waals surface area contributed by atoms with Crippen LogP contribution in [0.25, 0.3) is 0 Å². The van der Waals surface area contributed by atoms with Crippen molar-refractivity contribution in [1.82, 2.24) is 4.90 Å². The molecule has 0 fully saturated rings. The number of rotatable bonds is 3. The van der Waals surface area contributed by atoms with Gasteiger partial charge in [-0.2, -0.15) is 0 Å². The fraction of sp³-hybridized carbons (Fsp3) is 0.417. The van der Waals surface area contributed by atoms with Gasteiger partial charge in [0.1, 0.15) is 0 Å². The number of nitrogens with zero attached hydrogens (tertiary/aromatic N) is 1. The molecule has 1 rings (SSSR count). The Balaban J connectivity index is 3.01. The molecule has 94 valence electrons. The summed E-state index contributed by atoms with van der Waals surface area (Å²) in [4.78, 5) is 13.8. The van der Waals surface area contributed by atoms with Gasteiger partial charge in [-0.05, 0) is 48.0 Å². The molecule has 2 nitrogen and oxygen atoms in total. The van der Waals surface area contributed by atoms with E-state index in [1.54, 1.807) is 30.1 Å². The predicted molar refractivity (Wildman–Crippen MR) is 76.0 cm³/mol. The van der Waals surface area contributed by atoms with E-state index < -0.39 is 5.54 Å². The summed E-state index contributed by atoms with van der Waals surface area (Å²) in [5.41, 5.74) is 0.164. The van der Waals surface area contributed by atoms with Crippen molar-refractivity contribution < 1.29 is 4.79 Å². The Bertz CT molecular complexity index is 435. The van der Waals surface area contributed by atoms with Crippen LogP contribution < -0.4 is 0 Å². The Morgan fingerprint density at radius 1 is 1.47 bits per heavy atom. The van der Waals surface area contributed by atoms with E-state index in [0.29, 0.717) is 16.5 Å². The molecule has 1 amide bonds. The fourth-order valence-electron chi connectivity index (χ4n) is 1.19. The molecule has 0 spiro atoms. The van der Waals surface area contributed by atoms with Crippen molar-refractivity contribution in [3.8, 4) is 0 Å². The molecule has 0 atom stereocenters. The lowest BCUT2D eigenvalue weighted by Crippen LogP contribution is -2.46. The summed E-state index contributed by atoms with van der Waals surface area (Å²) in [7, 11) is 1.74. The average molecular weight is 339 g/mol. The number of benzene rings is 1. The van der Waals surface area contributed by atoms with E-state index in [4.69, 9.17) is 23.2 Å². The lowest BCUT2D eigenvalue weighted by molar-refractivity contribution is 0.0660. The molecule has 0 aliphatic carbocycles. The second-order valence-corrected chi connectivity index (χ2v) is 5.97. The summed E-state index contributed by atoms with van der Waals surface area (Å²) in [6.07, 6.45) is 0. The van der Waals surface area contributed by atoms with Gasteiger partial charge in [0.25, 0.3) is 5.91 Å². The normalized spacial score (nSPS) is 11.4. The number of carbonyl (C=O) groups excluding carboxylic acids is 1. The zero-order chi connectivity index (χ0) is 13.2. The molecular weight excluding hydrogens is 325 g/mol. The fourth-order valence-corrected chi connectivity index (χ4v) is 1.79. The standard InChI is InChI=1S/C12H14BrCl2NO/c1-12(2,7-14)16(3)11(17)8-4-5-9(13)10(15)6-8/h4-6H,7H2,1-3H3. The first-order valence-electron chi connectivity index (χ1n) is 5.09. The average Bonchev–Trinajstić information content (AvgIpc) is 2.30. The van der Waals surface area contributed by atoms with Gasteiger partial charge in [-0.15, -0.1) is 11.6 Å². The minimum atomic E-state index is -0.391. The minimum Gasteiger partial charge on any atom is -0.335 e. The molecule has 0 radical (unpaired) electrons. The molecule has 1 aromatic carbocycles. The summed E-state index contributed by atoms with van der Waals surface area (Å²) >= 11 is 15.1. The smallest absolute Gasteiger partial charge is 0.254 e. The first-order valence-corrected chi connectivity index (χ1v) is 6.79. The van der Waals surface area contributed by atoms with E-state index in [0.717, 1.165) is 4.47 Å². The van der Waals surface area contributed by atoms with Crippen LogP contribution in [0.15, 0.2) is 22.7 Å². The van der Waals surface area contributed by atoms with E-state index in [-0.39, 0.29) is 5.91 Å². The lowest BCUT2D eigenvalue weighted by atomic mass is 10.0. The number of alkyl halides is 1. The first kappa shape index (κ1) is 14.8. The molecule has 17 heavy (non-hydrogen) atoms. The molecule has 0 saturated carbocycles. The van der Waals surface area contributed by atoms with Crippen LogP contribution in [0.1, 0.15) is 24.2 Å². The van der Waals surface area contributed by atoms with Crippen LogP contribution >= 0.6 is 39.1 Å². The molecule has 0 bridgehead atoms. The van der Waals surface area contributed by atoms with Crippen LogP contribution in [0, 0.1) is 0 Å². The highest BCUT2D eigenvalue weighted by Crippen LogP contribution is 2.25. The van der Waals surface area contributed by atoms with Crippen LogP contribution in [-0.2, 0) is 0 Å². The van der Waals surface area contributed by atoms with E-state index in [1.165, 1.54) is 0 Å². The monoisotopic (exact) mass is 337 g/mol. The van der Waals surface area contributed by atoms with Gasteiger partial charge in [-0.3, -0.25) is 4.79 Å². The van der Waals surface area contributed by atoms with Crippen molar-refractivity contribution in [2.45, 2.75) is 19.4 Å². The number of amides is 1. The second kappa shape index (κ2) is 5.59. The Morgan fingerprint density at radius 2 is 2.06 bits per heavy atom. The first-order chi connectivity index (χ1) is 7.79. The summed E-state index contributed by atoms with van der Waals surface area (Å²) in [6, 6.07) is 5.14. The molecule has 0 saturated heterocycles. The number of carbonyl (C=O) groups is 1. The Kier molecular flexibility index (Phi) is 4.87. The molecular formula is C12H14BrCl2NO. The molecule has 1 aromatic rings. The number of hydrogen-bond acceptors (Lipinski definition) is 1. The molecule has 0 unspecified atom stereocenters. The third kappa shape index (κ3) is 3.36. The van der Waals surface area contributed by atoms with Crippen LogP contribution in [0.3, 0.4) is 0 Å². The highest BCUT2D eigenvalue weighted by molar-refractivity contribution is 9.10.